The zero-order chi connectivity index (χ0) is 14.5. The maximum absolute atomic E-state index is 8.84. The average molecular weight is 266 g/mol. The highest BCUT2D eigenvalue weighted by atomic mass is 15.3. The molecule has 1 heterocycles. The first-order valence-corrected chi connectivity index (χ1v) is 5.94. The van der Waals surface area contributed by atoms with Crippen LogP contribution in [0.15, 0.2) is 47.8 Å². The molecule has 2 aromatic rings. The van der Waals surface area contributed by atoms with Crippen molar-refractivity contribution in [2.75, 3.05) is 5.43 Å². The van der Waals surface area contributed by atoms with Crippen LogP contribution >= 0.6 is 0 Å². The van der Waals surface area contributed by atoms with Crippen molar-refractivity contribution < 1.29 is 0 Å². The molecule has 6 nitrogen and oxygen atoms in total. The minimum absolute atomic E-state index is 0.148. The normalized spacial score (nSPS) is 10.9. The smallest absolute Gasteiger partial charge is 0.201 e. The fraction of sp³-hybridized carbons (Fsp3) is 0.0714. The molecule has 0 saturated carbocycles. The number of nitrogens with two attached hydrogens (primary N) is 1. The standard InChI is InChI=1S/C14H14N6/c1-10-4-5-13(20-6-2-3-7-20)11(8-10)18-19-12(9-15)14(16)17/h2-8,18H,1H3,(H3,16,17)/b19-12+. The maximum atomic E-state index is 8.84. The second-order valence-corrected chi connectivity index (χ2v) is 4.21. The van der Waals surface area contributed by atoms with Gasteiger partial charge in [0.05, 0.1) is 11.4 Å². The van der Waals surface area contributed by atoms with Gasteiger partial charge in [0.25, 0.3) is 0 Å². The number of aromatic nitrogens is 1. The Balaban J connectivity index is 2.39. The molecular weight excluding hydrogens is 252 g/mol. The highest BCUT2D eigenvalue weighted by Gasteiger charge is 2.06. The SMILES string of the molecule is Cc1ccc(-n2cccc2)c(N/N=C(\C#N)C(=N)N)c1. The molecule has 0 unspecified atom stereocenters. The molecule has 0 saturated heterocycles. The van der Waals surface area contributed by atoms with Crippen molar-refractivity contribution in [3.63, 3.8) is 0 Å². The van der Waals surface area contributed by atoms with Crippen LogP contribution in [0.4, 0.5) is 5.69 Å². The number of amidine groups is 1. The summed E-state index contributed by atoms with van der Waals surface area (Å²) in [6.07, 6.45) is 3.82. The van der Waals surface area contributed by atoms with Gasteiger partial charge in [-0.3, -0.25) is 10.8 Å². The van der Waals surface area contributed by atoms with Crippen LogP contribution in [0.1, 0.15) is 5.56 Å². The number of nitrogens with zero attached hydrogens (tertiary/aromatic N) is 3. The molecule has 0 aliphatic rings. The molecule has 1 aromatic carbocycles. The van der Waals surface area contributed by atoms with E-state index in [2.05, 4.69) is 10.5 Å². The Hall–Kier alpha value is -3.07. The number of benzene rings is 1. The van der Waals surface area contributed by atoms with Crippen LogP contribution in [0.5, 0.6) is 0 Å². The molecule has 0 spiro atoms. The zero-order valence-corrected chi connectivity index (χ0v) is 11.0. The van der Waals surface area contributed by atoms with E-state index in [4.69, 9.17) is 16.4 Å². The molecule has 20 heavy (non-hydrogen) atoms. The summed E-state index contributed by atoms with van der Waals surface area (Å²) < 4.78 is 1.93. The van der Waals surface area contributed by atoms with Gasteiger partial charge in [0.2, 0.25) is 5.71 Å². The summed E-state index contributed by atoms with van der Waals surface area (Å²) in [6, 6.07) is 11.5. The predicted octanol–water partition coefficient (Wildman–Crippen LogP) is 2.01. The number of rotatable bonds is 4. The summed E-state index contributed by atoms with van der Waals surface area (Å²) >= 11 is 0. The van der Waals surface area contributed by atoms with E-state index in [9.17, 15) is 0 Å². The van der Waals surface area contributed by atoms with Crippen LogP contribution in [-0.4, -0.2) is 16.1 Å². The van der Waals surface area contributed by atoms with E-state index in [0.717, 1.165) is 16.9 Å². The Morgan fingerprint density at radius 2 is 2.10 bits per heavy atom. The van der Waals surface area contributed by atoms with E-state index in [0.29, 0.717) is 0 Å². The first-order chi connectivity index (χ1) is 9.61. The van der Waals surface area contributed by atoms with Crippen molar-refractivity contribution in [2.24, 2.45) is 10.8 Å². The maximum Gasteiger partial charge on any atom is 0.201 e. The van der Waals surface area contributed by atoms with Crippen molar-refractivity contribution in [1.29, 1.82) is 10.7 Å². The Bertz CT molecular complexity index is 691. The van der Waals surface area contributed by atoms with Crippen molar-refractivity contribution in [3.8, 4) is 11.8 Å². The van der Waals surface area contributed by atoms with Crippen LogP contribution in [0.2, 0.25) is 0 Å². The summed E-state index contributed by atoms with van der Waals surface area (Å²) in [6.45, 7) is 1.96. The summed E-state index contributed by atoms with van der Waals surface area (Å²) in [5.41, 5.74) is 10.6. The van der Waals surface area contributed by atoms with Gasteiger partial charge in [-0.1, -0.05) is 6.07 Å². The lowest BCUT2D eigenvalue weighted by Crippen LogP contribution is -2.22. The molecule has 0 radical (unpaired) electrons. The van der Waals surface area contributed by atoms with Gasteiger partial charge in [-0.15, -0.1) is 0 Å². The lowest BCUT2D eigenvalue weighted by Gasteiger charge is -2.11. The van der Waals surface area contributed by atoms with Crippen LogP contribution in [0.25, 0.3) is 5.69 Å². The summed E-state index contributed by atoms with van der Waals surface area (Å²) in [7, 11) is 0. The van der Waals surface area contributed by atoms with Crippen molar-refractivity contribution >= 4 is 17.2 Å². The lowest BCUT2D eigenvalue weighted by molar-refractivity contribution is 1.07. The summed E-state index contributed by atoms with van der Waals surface area (Å²) in [4.78, 5) is 0. The molecule has 0 fully saturated rings. The van der Waals surface area contributed by atoms with Crippen LogP contribution in [-0.2, 0) is 0 Å². The molecule has 0 aliphatic carbocycles. The number of aryl methyl sites for hydroxylation is 1. The van der Waals surface area contributed by atoms with Gasteiger partial charge in [-0.05, 0) is 36.8 Å². The third-order valence-corrected chi connectivity index (χ3v) is 2.68. The molecule has 0 bridgehead atoms. The Morgan fingerprint density at radius 1 is 1.40 bits per heavy atom. The van der Waals surface area contributed by atoms with Crippen LogP contribution < -0.4 is 11.2 Å². The average Bonchev–Trinajstić information content (AvgIpc) is 2.93. The van der Waals surface area contributed by atoms with Gasteiger partial charge in [-0.2, -0.15) is 10.4 Å². The quantitative estimate of drug-likeness (QED) is 0.448. The second kappa shape index (κ2) is 5.71. The van der Waals surface area contributed by atoms with E-state index in [1.165, 1.54) is 0 Å². The van der Waals surface area contributed by atoms with Crippen molar-refractivity contribution in [2.45, 2.75) is 6.92 Å². The van der Waals surface area contributed by atoms with Crippen LogP contribution in [0, 0.1) is 23.7 Å². The molecular formula is C14H14N6. The van der Waals surface area contributed by atoms with Gasteiger partial charge in [0, 0.05) is 12.4 Å². The molecule has 4 N–H and O–H groups in total. The largest absolute Gasteiger partial charge is 0.382 e. The van der Waals surface area contributed by atoms with E-state index < -0.39 is 0 Å². The second-order valence-electron chi connectivity index (χ2n) is 4.21. The first kappa shape index (κ1) is 13.4. The molecule has 0 amide bonds. The predicted molar refractivity (Wildman–Crippen MR) is 79.1 cm³/mol. The van der Waals surface area contributed by atoms with Crippen molar-refractivity contribution in [3.05, 3.63) is 48.3 Å². The van der Waals surface area contributed by atoms with Gasteiger partial charge < -0.3 is 10.3 Å². The Labute approximate surface area is 116 Å². The highest BCUT2D eigenvalue weighted by Crippen LogP contribution is 2.22. The minimum Gasteiger partial charge on any atom is -0.382 e. The van der Waals surface area contributed by atoms with Gasteiger partial charge in [-0.25, -0.2) is 0 Å². The van der Waals surface area contributed by atoms with E-state index in [-0.39, 0.29) is 11.5 Å². The number of nitriles is 1. The van der Waals surface area contributed by atoms with Gasteiger partial charge in [0.1, 0.15) is 6.07 Å². The third-order valence-electron chi connectivity index (χ3n) is 2.68. The van der Waals surface area contributed by atoms with Crippen molar-refractivity contribution in [1.82, 2.24) is 4.57 Å². The molecule has 2 rings (SSSR count). The van der Waals surface area contributed by atoms with Gasteiger partial charge in [0.15, 0.2) is 5.84 Å². The monoisotopic (exact) mass is 266 g/mol. The topological polar surface area (TPSA) is 103 Å². The fourth-order valence-corrected chi connectivity index (χ4v) is 1.72. The van der Waals surface area contributed by atoms with E-state index in [1.54, 1.807) is 6.07 Å². The zero-order valence-electron chi connectivity index (χ0n) is 11.0. The highest BCUT2D eigenvalue weighted by molar-refractivity contribution is 6.45. The lowest BCUT2D eigenvalue weighted by atomic mass is 10.2. The van der Waals surface area contributed by atoms with E-state index >= 15 is 0 Å². The molecule has 0 aliphatic heterocycles. The van der Waals surface area contributed by atoms with Gasteiger partial charge >= 0.3 is 0 Å². The Morgan fingerprint density at radius 3 is 2.70 bits per heavy atom. The van der Waals surface area contributed by atoms with E-state index in [1.807, 2.05) is 54.2 Å². The number of hydrazone groups is 1. The molecule has 1 aromatic heterocycles. The summed E-state index contributed by atoms with van der Waals surface area (Å²) in [5.74, 6) is -0.366. The first-order valence-electron chi connectivity index (χ1n) is 5.94. The molecule has 0 atom stereocenters. The third kappa shape index (κ3) is 2.84. The fourth-order valence-electron chi connectivity index (χ4n) is 1.72. The number of nitrogens with one attached hydrogen (secondary N) is 2. The molecule has 100 valence electrons. The number of hydrogen-bond acceptors (Lipinski definition) is 4. The minimum atomic E-state index is -0.366. The Kier molecular flexibility index (Phi) is 3.82. The molecule has 6 heteroatoms. The summed E-state index contributed by atoms with van der Waals surface area (Å²) in [5, 5.41) is 19.9. The number of anilines is 1. The number of hydrogen-bond donors (Lipinski definition) is 3. The van der Waals surface area contributed by atoms with Crippen LogP contribution in [0.3, 0.4) is 0 Å².